The van der Waals surface area contributed by atoms with E-state index in [0.29, 0.717) is 23.0 Å². The highest BCUT2D eigenvalue weighted by Gasteiger charge is 2.61. The van der Waals surface area contributed by atoms with Gasteiger partial charge in [-0.3, -0.25) is 4.79 Å². The van der Waals surface area contributed by atoms with Gasteiger partial charge in [0.05, 0.1) is 5.60 Å². The number of aliphatic hydroxyl groups is 1. The molecule has 0 saturated heterocycles. The van der Waals surface area contributed by atoms with E-state index in [-0.39, 0.29) is 5.41 Å². The van der Waals surface area contributed by atoms with Gasteiger partial charge in [0.25, 0.3) is 0 Å². The molecule has 0 bridgehead atoms. The highest BCUT2D eigenvalue weighted by molar-refractivity contribution is 5.79. The van der Waals surface area contributed by atoms with Gasteiger partial charge >= 0.3 is 0 Å². The fourth-order valence-corrected chi connectivity index (χ4v) is 8.10. The van der Waals surface area contributed by atoms with Crippen LogP contribution >= 0.6 is 0 Å². The van der Waals surface area contributed by atoms with Crippen molar-refractivity contribution in [1.82, 2.24) is 0 Å². The number of carbonyl (C=O) groups excluding carboxylic acids is 1. The Kier molecular flexibility index (Phi) is 3.78. The quantitative estimate of drug-likeness (QED) is 0.735. The van der Waals surface area contributed by atoms with Gasteiger partial charge in [0, 0.05) is 5.92 Å². The Bertz CT molecular complexity index is 538. The monoisotopic (exact) mass is 332 g/mol. The van der Waals surface area contributed by atoms with Crippen LogP contribution in [0.1, 0.15) is 85.5 Å². The number of carbonyl (C=O) groups is 1. The number of Topliss-reactive ketones (excluding diaryl/α,β-unsaturated/α-hetero) is 1. The third-order valence-corrected chi connectivity index (χ3v) is 9.44. The Hall–Kier alpha value is -0.370. The van der Waals surface area contributed by atoms with Crippen LogP contribution in [0.4, 0.5) is 0 Å². The van der Waals surface area contributed by atoms with Gasteiger partial charge in [-0.1, -0.05) is 13.8 Å². The summed E-state index contributed by atoms with van der Waals surface area (Å²) in [5, 5.41) is 10.6. The molecule has 24 heavy (non-hydrogen) atoms. The van der Waals surface area contributed by atoms with Crippen molar-refractivity contribution in [2.75, 3.05) is 0 Å². The second kappa shape index (κ2) is 5.32. The van der Waals surface area contributed by atoms with Crippen LogP contribution in [0.25, 0.3) is 0 Å². The largest absolute Gasteiger partial charge is 0.390 e. The minimum Gasteiger partial charge on any atom is -0.390 e. The highest BCUT2D eigenvalue weighted by Crippen LogP contribution is 2.68. The van der Waals surface area contributed by atoms with E-state index in [1.165, 1.54) is 38.5 Å². The molecule has 0 radical (unpaired) electrons. The van der Waals surface area contributed by atoms with Crippen molar-refractivity contribution >= 4 is 5.78 Å². The molecular weight excluding hydrogens is 296 g/mol. The number of hydrogen-bond acceptors (Lipinski definition) is 2. The summed E-state index contributed by atoms with van der Waals surface area (Å²) >= 11 is 0. The van der Waals surface area contributed by atoms with Crippen molar-refractivity contribution in [1.29, 1.82) is 0 Å². The fraction of sp³-hybridized carbons (Fsp3) is 0.955. The molecule has 0 unspecified atom stereocenters. The Balaban J connectivity index is 1.61. The first-order valence-electron chi connectivity index (χ1n) is 10.4. The summed E-state index contributed by atoms with van der Waals surface area (Å²) in [6, 6.07) is 0. The second-order valence-electron chi connectivity index (χ2n) is 10.6. The van der Waals surface area contributed by atoms with Gasteiger partial charge in [-0.05, 0) is 106 Å². The van der Waals surface area contributed by atoms with Gasteiger partial charge in [0.15, 0.2) is 0 Å². The second-order valence-corrected chi connectivity index (χ2v) is 10.6. The summed E-state index contributed by atoms with van der Waals surface area (Å²) in [5.74, 6) is 3.89. The molecule has 4 aliphatic carbocycles. The summed E-state index contributed by atoms with van der Waals surface area (Å²) in [6.45, 7) is 8.85. The third-order valence-electron chi connectivity index (χ3n) is 9.44. The summed E-state index contributed by atoms with van der Waals surface area (Å²) < 4.78 is 0. The van der Waals surface area contributed by atoms with E-state index >= 15 is 0 Å². The van der Waals surface area contributed by atoms with Crippen LogP contribution in [-0.4, -0.2) is 16.5 Å². The fourth-order valence-electron chi connectivity index (χ4n) is 8.10. The number of rotatable bonds is 1. The molecule has 2 heteroatoms. The lowest BCUT2D eigenvalue weighted by Crippen LogP contribution is -2.55. The molecule has 2 nitrogen and oxygen atoms in total. The van der Waals surface area contributed by atoms with Crippen molar-refractivity contribution in [2.24, 2.45) is 40.4 Å². The molecule has 0 spiro atoms. The summed E-state index contributed by atoms with van der Waals surface area (Å²) in [6.07, 6.45) is 10.8. The van der Waals surface area contributed by atoms with Crippen molar-refractivity contribution in [3.05, 3.63) is 0 Å². The Labute approximate surface area is 147 Å². The normalized spacial score (nSPS) is 57.0. The smallest absolute Gasteiger partial charge is 0.133 e. The van der Waals surface area contributed by atoms with E-state index in [1.807, 2.05) is 13.8 Å². The standard InChI is InChI=1S/C22H36O2/c1-14(23)17-7-8-18-16-6-5-15-13-20(2,24)11-12-21(15,3)19(16)9-10-22(17,18)4/h15-19,24H,5-13H2,1-4H3/t15-,16-,17+,18-,19+,20+,21+,22+/m0/s1. The predicted molar refractivity (Wildman–Crippen MR) is 96.5 cm³/mol. The zero-order valence-corrected chi connectivity index (χ0v) is 16.1. The van der Waals surface area contributed by atoms with E-state index in [4.69, 9.17) is 0 Å². The summed E-state index contributed by atoms with van der Waals surface area (Å²) in [5.41, 5.74) is 0.268. The van der Waals surface area contributed by atoms with Crippen molar-refractivity contribution in [2.45, 2.75) is 91.1 Å². The summed E-state index contributed by atoms with van der Waals surface area (Å²) in [4.78, 5) is 12.2. The van der Waals surface area contributed by atoms with Gasteiger partial charge < -0.3 is 5.11 Å². The first-order chi connectivity index (χ1) is 11.2. The number of fused-ring (bicyclic) bond motifs is 5. The van der Waals surface area contributed by atoms with Crippen LogP contribution in [0, 0.1) is 40.4 Å². The lowest BCUT2D eigenvalue weighted by molar-refractivity contribution is -0.150. The first kappa shape index (κ1) is 17.1. The lowest BCUT2D eigenvalue weighted by atomic mass is 9.44. The minimum atomic E-state index is -0.437. The molecule has 4 rings (SSSR count). The van der Waals surface area contributed by atoms with Gasteiger partial charge in [0.2, 0.25) is 0 Å². The van der Waals surface area contributed by atoms with Crippen molar-refractivity contribution in [3.8, 4) is 0 Å². The van der Waals surface area contributed by atoms with Gasteiger partial charge in [-0.2, -0.15) is 0 Å². The molecule has 1 N–H and O–H groups in total. The summed E-state index contributed by atoms with van der Waals surface area (Å²) in [7, 11) is 0. The van der Waals surface area contributed by atoms with E-state index in [9.17, 15) is 9.90 Å². The maximum absolute atomic E-state index is 12.2. The van der Waals surface area contributed by atoms with Crippen LogP contribution in [-0.2, 0) is 4.79 Å². The van der Waals surface area contributed by atoms with Crippen LogP contribution in [0.5, 0.6) is 0 Å². The van der Waals surface area contributed by atoms with Crippen molar-refractivity contribution in [3.63, 3.8) is 0 Å². The molecule has 4 fully saturated rings. The molecule has 0 heterocycles. The molecule has 0 aromatic rings. The van der Waals surface area contributed by atoms with Gasteiger partial charge in [0.1, 0.15) is 5.78 Å². The molecular formula is C22H36O2. The van der Waals surface area contributed by atoms with Gasteiger partial charge in [-0.15, -0.1) is 0 Å². The molecule has 0 amide bonds. The van der Waals surface area contributed by atoms with Crippen LogP contribution in [0.2, 0.25) is 0 Å². The minimum absolute atomic E-state index is 0.274. The Morgan fingerprint density at radius 2 is 1.58 bits per heavy atom. The van der Waals surface area contributed by atoms with E-state index in [0.717, 1.165) is 37.0 Å². The lowest BCUT2D eigenvalue weighted by Gasteiger charge is -2.61. The molecule has 0 aromatic heterocycles. The van der Waals surface area contributed by atoms with E-state index in [2.05, 4.69) is 13.8 Å². The molecule has 4 aliphatic rings. The molecule has 4 saturated carbocycles. The molecule has 136 valence electrons. The zero-order valence-electron chi connectivity index (χ0n) is 16.1. The van der Waals surface area contributed by atoms with Crippen molar-refractivity contribution < 1.29 is 9.90 Å². The average molecular weight is 333 g/mol. The maximum atomic E-state index is 12.2. The van der Waals surface area contributed by atoms with E-state index < -0.39 is 5.60 Å². The number of ketones is 1. The average Bonchev–Trinajstić information content (AvgIpc) is 2.85. The molecule has 0 aliphatic heterocycles. The van der Waals surface area contributed by atoms with E-state index in [1.54, 1.807) is 0 Å². The van der Waals surface area contributed by atoms with Crippen LogP contribution < -0.4 is 0 Å². The predicted octanol–water partition coefficient (Wildman–Crippen LogP) is 4.99. The first-order valence-corrected chi connectivity index (χ1v) is 10.4. The van der Waals surface area contributed by atoms with Gasteiger partial charge in [-0.25, -0.2) is 0 Å². The zero-order chi connectivity index (χ0) is 17.3. The van der Waals surface area contributed by atoms with Crippen LogP contribution in [0.3, 0.4) is 0 Å². The Morgan fingerprint density at radius 3 is 2.29 bits per heavy atom. The molecule has 0 aromatic carbocycles. The SMILES string of the molecule is CC(=O)[C@H]1CC[C@H]2[C@@H]3CC[C@H]4C[C@](C)(O)CC[C@@]4(C)[C@@H]3CC[C@]12C. The Morgan fingerprint density at radius 1 is 0.875 bits per heavy atom. The van der Waals surface area contributed by atoms with Crippen LogP contribution in [0.15, 0.2) is 0 Å². The highest BCUT2D eigenvalue weighted by atomic mass is 16.3. The third kappa shape index (κ3) is 2.27. The number of hydrogen-bond donors (Lipinski definition) is 1. The molecule has 8 atom stereocenters. The maximum Gasteiger partial charge on any atom is 0.133 e. The topological polar surface area (TPSA) is 37.3 Å².